The molecule has 0 bridgehead atoms. The van der Waals surface area contributed by atoms with Crippen molar-refractivity contribution in [3.63, 3.8) is 0 Å². The van der Waals surface area contributed by atoms with E-state index in [2.05, 4.69) is 10.5 Å². The number of ether oxygens (including phenoxy) is 3. The summed E-state index contributed by atoms with van der Waals surface area (Å²) < 4.78 is 15.2. The van der Waals surface area contributed by atoms with Gasteiger partial charge in [-0.25, -0.2) is 5.43 Å². The number of benzene rings is 2. The second-order valence-corrected chi connectivity index (χ2v) is 5.47. The Kier molecular flexibility index (Phi) is 6.70. The molecule has 0 atom stereocenters. The first-order chi connectivity index (χ1) is 14.3. The number of nitro groups is 2. The zero-order chi connectivity index (χ0) is 22.4. The lowest BCUT2D eigenvalue weighted by Gasteiger charge is -2.14. The maximum atomic E-state index is 12.5. The van der Waals surface area contributed by atoms with Gasteiger partial charge in [0.15, 0.2) is 5.75 Å². The monoisotopic (exact) mass is 420 g/mol. The van der Waals surface area contributed by atoms with E-state index in [9.17, 15) is 30.1 Å². The Hall–Kier alpha value is -4.42. The second-order valence-electron chi connectivity index (χ2n) is 5.47. The van der Waals surface area contributed by atoms with Crippen molar-refractivity contribution in [1.29, 1.82) is 0 Å². The van der Waals surface area contributed by atoms with Crippen LogP contribution in [0.3, 0.4) is 0 Å². The minimum absolute atomic E-state index is 0.00501. The fourth-order valence-corrected chi connectivity index (χ4v) is 2.52. The molecule has 0 saturated heterocycles. The molecule has 1 amide bonds. The number of nitrogens with one attached hydrogen (secondary N) is 1. The number of phenols is 1. The predicted octanol–water partition coefficient (Wildman–Crippen LogP) is 2.00. The van der Waals surface area contributed by atoms with Crippen LogP contribution in [0.2, 0.25) is 0 Å². The first kappa shape index (κ1) is 21.9. The van der Waals surface area contributed by atoms with E-state index < -0.39 is 38.4 Å². The van der Waals surface area contributed by atoms with Crippen LogP contribution < -0.4 is 19.6 Å². The van der Waals surface area contributed by atoms with Crippen molar-refractivity contribution >= 4 is 23.5 Å². The summed E-state index contributed by atoms with van der Waals surface area (Å²) in [5.74, 6) is -2.05. The maximum Gasteiger partial charge on any atom is 0.327 e. The van der Waals surface area contributed by atoms with E-state index in [4.69, 9.17) is 14.2 Å². The molecule has 2 aromatic rings. The van der Waals surface area contributed by atoms with Crippen molar-refractivity contribution in [2.45, 2.75) is 0 Å². The number of nitro benzene ring substituents is 2. The van der Waals surface area contributed by atoms with Crippen LogP contribution in [0.4, 0.5) is 11.4 Å². The highest BCUT2D eigenvalue weighted by molar-refractivity contribution is 6.01. The van der Waals surface area contributed by atoms with E-state index in [1.54, 1.807) is 0 Å². The normalized spacial score (nSPS) is 10.5. The van der Waals surface area contributed by atoms with Crippen LogP contribution in [-0.2, 0) is 0 Å². The Bertz CT molecular complexity index is 1040. The number of rotatable bonds is 8. The number of nitrogens with zero attached hydrogens (tertiary/aromatic N) is 3. The third-order valence-corrected chi connectivity index (χ3v) is 3.84. The number of hydrogen-bond donors (Lipinski definition) is 2. The zero-order valence-corrected chi connectivity index (χ0v) is 15.9. The molecular formula is C17H16N4O9. The third-order valence-electron chi connectivity index (χ3n) is 3.84. The fraction of sp³-hybridized carbons (Fsp3) is 0.176. The summed E-state index contributed by atoms with van der Waals surface area (Å²) in [5, 5.41) is 35.8. The number of hydrogen-bond acceptors (Lipinski definition) is 10. The molecule has 2 aromatic carbocycles. The number of para-hydroxylation sites is 1. The van der Waals surface area contributed by atoms with Crippen molar-refractivity contribution in [2.24, 2.45) is 5.10 Å². The standard InChI is InChI=1S/C17H16N4O9/c1-28-12-7-10(13(21(26)27)16(30-3)15(12)29-2)17(23)19-18-8-9-5-4-6-11(14(9)22)20(24)25/h4-8,22H,1-3H3,(H,19,23)/b18-8+. The van der Waals surface area contributed by atoms with Gasteiger partial charge < -0.3 is 19.3 Å². The van der Waals surface area contributed by atoms with Crippen LogP contribution >= 0.6 is 0 Å². The van der Waals surface area contributed by atoms with Crippen LogP contribution in [0.15, 0.2) is 29.4 Å². The SMILES string of the molecule is COc1cc(C(=O)N/N=C/c2cccc([N+](=O)[O-])c2O)c([N+](=O)[O-])c(OC)c1OC. The molecule has 2 rings (SSSR count). The summed E-state index contributed by atoms with van der Waals surface area (Å²) in [5.41, 5.74) is 0.335. The molecule has 0 fully saturated rings. The lowest BCUT2D eigenvalue weighted by molar-refractivity contribution is -0.386. The van der Waals surface area contributed by atoms with Gasteiger partial charge in [0.05, 0.1) is 37.4 Å². The zero-order valence-electron chi connectivity index (χ0n) is 15.9. The van der Waals surface area contributed by atoms with Gasteiger partial charge in [0.2, 0.25) is 17.2 Å². The molecule has 0 aliphatic rings. The molecule has 158 valence electrons. The predicted molar refractivity (Wildman–Crippen MR) is 103 cm³/mol. The molecular weight excluding hydrogens is 404 g/mol. The van der Waals surface area contributed by atoms with Crippen LogP contribution in [0.1, 0.15) is 15.9 Å². The number of aromatic hydroxyl groups is 1. The van der Waals surface area contributed by atoms with E-state index >= 15 is 0 Å². The smallest absolute Gasteiger partial charge is 0.327 e. The minimum Gasteiger partial charge on any atom is -0.502 e. The molecule has 13 heteroatoms. The van der Waals surface area contributed by atoms with Crippen LogP contribution in [-0.4, -0.2) is 48.4 Å². The third kappa shape index (κ3) is 4.19. The van der Waals surface area contributed by atoms with Crippen molar-refractivity contribution < 1.29 is 34.0 Å². The Morgan fingerprint density at radius 1 is 1.10 bits per heavy atom. The largest absolute Gasteiger partial charge is 0.502 e. The van der Waals surface area contributed by atoms with Gasteiger partial charge in [-0.05, 0) is 6.07 Å². The quantitative estimate of drug-likeness (QED) is 0.367. The number of methoxy groups -OCH3 is 3. The number of carbonyl (C=O) groups is 1. The molecule has 0 unspecified atom stereocenters. The van der Waals surface area contributed by atoms with Crippen molar-refractivity contribution in [2.75, 3.05) is 21.3 Å². The van der Waals surface area contributed by atoms with E-state index in [1.807, 2.05) is 0 Å². The second kappa shape index (κ2) is 9.18. The summed E-state index contributed by atoms with van der Waals surface area (Å²) >= 11 is 0. The van der Waals surface area contributed by atoms with Gasteiger partial charge >= 0.3 is 11.4 Å². The van der Waals surface area contributed by atoms with Crippen molar-refractivity contribution in [3.05, 3.63) is 55.6 Å². The topological polar surface area (TPSA) is 176 Å². The van der Waals surface area contributed by atoms with E-state index in [1.165, 1.54) is 26.4 Å². The molecule has 0 spiro atoms. The highest BCUT2D eigenvalue weighted by Gasteiger charge is 2.32. The molecule has 0 aromatic heterocycles. The number of hydrazone groups is 1. The summed E-state index contributed by atoms with van der Waals surface area (Å²) in [6.45, 7) is 0. The minimum atomic E-state index is -0.998. The highest BCUT2D eigenvalue weighted by Crippen LogP contribution is 2.46. The molecule has 30 heavy (non-hydrogen) atoms. The van der Waals surface area contributed by atoms with E-state index in [0.717, 1.165) is 25.5 Å². The highest BCUT2D eigenvalue weighted by atomic mass is 16.6. The number of amides is 1. The number of carbonyl (C=O) groups excluding carboxylic acids is 1. The molecule has 0 aliphatic carbocycles. The van der Waals surface area contributed by atoms with E-state index in [0.29, 0.717) is 0 Å². The molecule has 0 radical (unpaired) electrons. The lowest BCUT2D eigenvalue weighted by atomic mass is 10.1. The van der Waals surface area contributed by atoms with Crippen LogP contribution in [0.25, 0.3) is 0 Å². The average molecular weight is 420 g/mol. The van der Waals surface area contributed by atoms with Crippen LogP contribution in [0.5, 0.6) is 23.0 Å². The van der Waals surface area contributed by atoms with Crippen molar-refractivity contribution in [1.82, 2.24) is 5.43 Å². The fourth-order valence-electron chi connectivity index (χ4n) is 2.52. The summed E-state index contributed by atoms with van der Waals surface area (Å²) in [6.07, 6.45) is 0.948. The Morgan fingerprint density at radius 3 is 2.30 bits per heavy atom. The number of phenolic OH excluding ortho intramolecular Hbond substituents is 1. The molecule has 0 saturated carbocycles. The molecule has 13 nitrogen and oxygen atoms in total. The van der Waals surface area contributed by atoms with Crippen molar-refractivity contribution in [3.8, 4) is 23.0 Å². The van der Waals surface area contributed by atoms with Gasteiger partial charge in [-0.2, -0.15) is 5.10 Å². The Morgan fingerprint density at radius 2 is 1.77 bits per heavy atom. The summed E-state index contributed by atoms with van der Waals surface area (Å²) in [4.78, 5) is 33.3. The summed E-state index contributed by atoms with van der Waals surface area (Å²) in [7, 11) is 3.68. The average Bonchev–Trinajstić information content (AvgIpc) is 2.72. The molecule has 0 aliphatic heterocycles. The van der Waals surface area contributed by atoms with Gasteiger partial charge in [0, 0.05) is 17.7 Å². The van der Waals surface area contributed by atoms with Crippen LogP contribution in [0, 0.1) is 20.2 Å². The Balaban J connectivity index is 2.42. The van der Waals surface area contributed by atoms with E-state index in [-0.39, 0.29) is 22.8 Å². The van der Waals surface area contributed by atoms with Gasteiger partial charge in [0.25, 0.3) is 5.91 Å². The first-order valence-electron chi connectivity index (χ1n) is 8.03. The van der Waals surface area contributed by atoms with Gasteiger partial charge in [-0.1, -0.05) is 6.07 Å². The summed E-state index contributed by atoms with van der Waals surface area (Å²) in [6, 6.07) is 4.80. The Labute approximate surface area is 168 Å². The van der Waals surface area contributed by atoms with Gasteiger partial charge in [-0.15, -0.1) is 0 Å². The maximum absolute atomic E-state index is 12.5. The van der Waals surface area contributed by atoms with Gasteiger partial charge in [-0.3, -0.25) is 25.0 Å². The molecule has 2 N–H and O–H groups in total. The first-order valence-corrected chi connectivity index (χ1v) is 8.03. The van der Waals surface area contributed by atoms with Gasteiger partial charge in [0.1, 0.15) is 5.56 Å². The molecule has 0 heterocycles. The lowest BCUT2D eigenvalue weighted by Crippen LogP contribution is -2.20.